The predicted molar refractivity (Wildman–Crippen MR) is 108 cm³/mol. The fourth-order valence-electron chi connectivity index (χ4n) is 2.77. The number of aryl methyl sites for hydroxylation is 1. The molecular formula is C21H24N4O3. The average Bonchev–Trinajstić information content (AvgIpc) is 3.06. The number of pyridine rings is 1. The van der Waals surface area contributed by atoms with E-state index in [9.17, 15) is 9.90 Å². The number of benzene rings is 1. The molecule has 0 radical (unpaired) electrons. The highest BCUT2D eigenvalue weighted by atomic mass is 16.5. The molecule has 0 amide bonds. The van der Waals surface area contributed by atoms with Gasteiger partial charge < -0.3 is 15.2 Å². The number of hydrogen-bond acceptors (Lipinski definition) is 5. The van der Waals surface area contributed by atoms with Crippen LogP contribution in [0.25, 0.3) is 5.69 Å². The number of carboxylic acid groups (broad SMARTS) is 1. The second kappa shape index (κ2) is 7.34. The molecule has 0 spiro atoms. The maximum Gasteiger partial charge on any atom is 0.337 e. The van der Waals surface area contributed by atoms with Crippen molar-refractivity contribution in [2.45, 2.75) is 33.1 Å². The molecule has 0 aliphatic heterocycles. The van der Waals surface area contributed by atoms with Gasteiger partial charge in [-0.15, -0.1) is 0 Å². The summed E-state index contributed by atoms with van der Waals surface area (Å²) in [4.78, 5) is 15.9. The first kappa shape index (κ1) is 19.4. The number of methoxy groups -OCH3 is 1. The Balaban J connectivity index is 2.13. The molecule has 2 aromatic heterocycles. The lowest BCUT2D eigenvalue weighted by atomic mass is 9.92. The molecule has 0 saturated carbocycles. The number of hydrogen-bond donors (Lipinski definition) is 2. The van der Waals surface area contributed by atoms with Gasteiger partial charge in [0.25, 0.3) is 0 Å². The van der Waals surface area contributed by atoms with Crippen LogP contribution in [-0.4, -0.2) is 33.0 Å². The Morgan fingerprint density at radius 1 is 1.21 bits per heavy atom. The van der Waals surface area contributed by atoms with E-state index < -0.39 is 5.97 Å². The number of rotatable bonds is 5. The fraction of sp³-hybridized carbons (Fsp3) is 0.286. The van der Waals surface area contributed by atoms with Crippen LogP contribution in [0.4, 0.5) is 11.5 Å². The van der Waals surface area contributed by atoms with Gasteiger partial charge in [0.1, 0.15) is 11.6 Å². The van der Waals surface area contributed by atoms with Crippen LogP contribution in [-0.2, 0) is 5.41 Å². The smallest absolute Gasteiger partial charge is 0.337 e. The van der Waals surface area contributed by atoms with Gasteiger partial charge in [-0.05, 0) is 36.8 Å². The van der Waals surface area contributed by atoms with Crippen molar-refractivity contribution in [3.8, 4) is 11.4 Å². The van der Waals surface area contributed by atoms with E-state index in [0.717, 1.165) is 16.9 Å². The van der Waals surface area contributed by atoms with E-state index in [1.807, 2.05) is 19.1 Å². The highest BCUT2D eigenvalue weighted by Crippen LogP contribution is 2.31. The third-order valence-electron chi connectivity index (χ3n) is 4.44. The largest absolute Gasteiger partial charge is 0.497 e. The van der Waals surface area contributed by atoms with Crippen molar-refractivity contribution in [1.29, 1.82) is 0 Å². The Morgan fingerprint density at radius 2 is 1.96 bits per heavy atom. The zero-order chi connectivity index (χ0) is 20.5. The molecule has 0 aliphatic carbocycles. The highest BCUT2D eigenvalue weighted by molar-refractivity contribution is 5.95. The lowest BCUT2D eigenvalue weighted by Crippen LogP contribution is -2.13. The minimum Gasteiger partial charge on any atom is -0.497 e. The van der Waals surface area contributed by atoms with Crippen LogP contribution in [0.2, 0.25) is 0 Å². The Kier molecular flexibility index (Phi) is 5.09. The molecule has 146 valence electrons. The van der Waals surface area contributed by atoms with Gasteiger partial charge in [-0.2, -0.15) is 5.10 Å². The van der Waals surface area contributed by atoms with Gasteiger partial charge in [0.05, 0.1) is 35.9 Å². The van der Waals surface area contributed by atoms with Crippen molar-refractivity contribution < 1.29 is 14.6 Å². The van der Waals surface area contributed by atoms with Crippen LogP contribution < -0.4 is 10.1 Å². The van der Waals surface area contributed by atoms with Gasteiger partial charge in [0.2, 0.25) is 0 Å². The second-order valence-corrected chi connectivity index (χ2v) is 7.58. The van der Waals surface area contributed by atoms with E-state index in [1.165, 1.54) is 13.2 Å². The van der Waals surface area contributed by atoms with Crippen molar-refractivity contribution in [2.75, 3.05) is 12.4 Å². The summed E-state index contributed by atoms with van der Waals surface area (Å²) < 4.78 is 6.91. The molecule has 2 N–H and O–H groups in total. The number of aromatic nitrogens is 3. The number of carbonyl (C=O) groups is 1. The van der Waals surface area contributed by atoms with E-state index in [1.54, 1.807) is 29.2 Å². The van der Waals surface area contributed by atoms with Crippen LogP contribution >= 0.6 is 0 Å². The van der Waals surface area contributed by atoms with E-state index in [2.05, 4.69) is 31.1 Å². The van der Waals surface area contributed by atoms with E-state index >= 15 is 0 Å². The van der Waals surface area contributed by atoms with Gasteiger partial charge in [0, 0.05) is 17.7 Å². The number of nitrogens with one attached hydrogen (secondary N) is 1. The highest BCUT2D eigenvalue weighted by Gasteiger charge is 2.22. The van der Waals surface area contributed by atoms with Gasteiger partial charge in [-0.1, -0.05) is 20.8 Å². The zero-order valence-corrected chi connectivity index (χ0v) is 16.6. The Bertz CT molecular complexity index is 1020. The first-order valence-corrected chi connectivity index (χ1v) is 8.90. The summed E-state index contributed by atoms with van der Waals surface area (Å²) in [6.07, 6.45) is 3.47. The van der Waals surface area contributed by atoms with Crippen molar-refractivity contribution >= 4 is 17.5 Å². The monoisotopic (exact) mass is 380 g/mol. The molecule has 7 nitrogen and oxygen atoms in total. The Morgan fingerprint density at radius 3 is 2.57 bits per heavy atom. The minimum atomic E-state index is -1.04. The quantitative estimate of drug-likeness (QED) is 0.685. The molecule has 2 heterocycles. The van der Waals surface area contributed by atoms with Crippen LogP contribution in [0.3, 0.4) is 0 Å². The van der Waals surface area contributed by atoms with Crippen molar-refractivity contribution in [1.82, 2.24) is 14.8 Å². The fourth-order valence-corrected chi connectivity index (χ4v) is 2.77. The average molecular weight is 380 g/mol. The van der Waals surface area contributed by atoms with Crippen LogP contribution in [0.5, 0.6) is 5.75 Å². The molecule has 28 heavy (non-hydrogen) atoms. The maximum atomic E-state index is 11.7. The molecule has 0 bridgehead atoms. The summed E-state index contributed by atoms with van der Waals surface area (Å²) in [5.41, 5.74) is 3.11. The predicted octanol–water partition coefficient (Wildman–Crippen LogP) is 4.32. The number of ether oxygens (including phenoxy) is 1. The molecule has 0 atom stereocenters. The van der Waals surface area contributed by atoms with Gasteiger partial charge >= 0.3 is 5.97 Å². The van der Waals surface area contributed by atoms with Crippen LogP contribution in [0, 0.1) is 6.92 Å². The molecular weight excluding hydrogens is 356 g/mol. The zero-order valence-electron chi connectivity index (χ0n) is 16.6. The third kappa shape index (κ3) is 3.83. The first-order valence-electron chi connectivity index (χ1n) is 8.90. The van der Waals surface area contributed by atoms with Crippen molar-refractivity contribution in [3.05, 3.63) is 59.5 Å². The summed E-state index contributed by atoms with van der Waals surface area (Å²) in [5, 5.41) is 17.6. The number of nitrogens with zero attached hydrogens (tertiary/aromatic N) is 3. The number of anilines is 2. The van der Waals surface area contributed by atoms with Gasteiger partial charge in [-0.25, -0.2) is 9.48 Å². The first-order chi connectivity index (χ1) is 13.2. The molecule has 1 aromatic carbocycles. The number of carboxylic acids is 1. The van der Waals surface area contributed by atoms with Crippen molar-refractivity contribution in [3.63, 3.8) is 0 Å². The van der Waals surface area contributed by atoms with E-state index in [0.29, 0.717) is 17.3 Å². The SMILES string of the molecule is COc1ccc(Nc2cc(C(C)(C)C)nn2-c2cnccc2C)c(C(=O)O)c1. The maximum absolute atomic E-state index is 11.7. The second-order valence-electron chi connectivity index (χ2n) is 7.58. The molecule has 0 fully saturated rings. The van der Waals surface area contributed by atoms with Gasteiger partial charge in [-0.3, -0.25) is 4.98 Å². The number of aromatic carboxylic acids is 1. The standard InChI is InChI=1S/C21H24N4O3/c1-13-8-9-22-12-17(13)25-19(11-18(24-25)21(2,3)4)23-16-7-6-14(28-5)10-15(16)20(26)27/h6-12,23H,1-5H3,(H,26,27). The van der Waals surface area contributed by atoms with E-state index in [-0.39, 0.29) is 11.0 Å². The summed E-state index contributed by atoms with van der Waals surface area (Å²) in [6.45, 7) is 8.22. The Labute approximate surface area is 164 Å². The molecule has 7 heteroatoms. The molecule has 0 unspecified atom stereocenters. The minimum absolute atomic E-state index is 0.118. The summed E-state index contributed by atoms with van der Waals surface area (Å²) in [6, 6.07) is 8.74. The molecule has 3 rings (SSSR count). The topological polar surface area (TPSA) is 89.3 Å². The third-order valence-corrected chi connectivity index (χ3v) is 4.44. The lowest BCUT2D eigenvalue weighted by Gasteiger charge is -2.14. The summed E-state index contributed by atoms with van der Waals surface area (Å²) in [5.74, 6) is 0.102. The lowest BCUT2D eigenvalue weighted by molar-refractivity contribution is 0.0697. The van der Waals surface area contributed by atoms with E-state index in [4.69, 9.17) is 9.84 Å². The van der Waals surface area contributed by atoms with Crippen LogP contribution in [0.15, 0.2) is 42.7 Å². The molecule has 3 aromatic rings. The normalized spacial score (nSPS) is 11.3. The van der Waals surface area contributed by atoms with Crippen LogP contribution in [0.1, 0.15) is 42.4 Å². The Hall–Kier alpha value is -3.35. The molecule has 0 saturated heterocycles. The van der Waals surface area contributed by atoms with Gasteiger partial charge in [0.15, 0.2) is 0 Å². The van der Waals surface area contributed by atoms with Crippen molar-refractivity contribution in [2.24, 2.45) is 0 Å². The summed E-state index contributed by atoms with van der Waals surface area (Å²) in [7, 11) is 1.50. The molecule has 0 aliphatic rings. The summed E-state index contributed by atoms with van der Waals surface area (Å²) >= 11 is 0.